The lowest BCUT2D eigenvalue weighted by Gasteiger charge is -2.10. The van der Waals surface area contributed by atoms with Crippen LogP contribution < -0.4 is 0 Å². The minimum atomic E-state index is -0.0751. The molecule has 2 heteroatoms. The van der Waals surface area contributed by atoms with Crippen molar-refractivity contribution in [1.29, 1.82) is 0 Å². The van der Waals surface area contributed by atoms with Crippen molar-refractivity contribution >= 4 is 5.97 Å². The third-order valence-corrected chi connectivity index (χ3v) is 2.61. The van der Waals surface area contributed by atoms with E-state index in [2.05, 4.69) is 0 Å². The molecule has 0 N–H and O–H groups in total. The van der Waals surface area contributed by atoms with Gasteiger partial charge in [0.05, 0.1) is 12.5 Å². The van der Waals surface area contributed by atoms with Gasteiger partial charge < -0.3 is 4.74 Å². The van der Waals surface area contributed by atoms with Crippen LogP contribution in [0.1, 0.15) is 18.4 Å². The second-order valence-electron chi connectivity index (χ2n) is 3.44. The van der Waals surface area contributed by atoms with E-state index in [-0.39, 0.29) is 17.8 Å². The van der Waals surface area contributed by atoms with E-state index in [0.29, 0.717) is 6.61 Å². The van der Waals surface area contributed by atoms with Crippen LogP contribution in [0, 0.1) is 5.92 Å². The highest BCUT2D eigenvalue weighted by Crippen LogP contribution is 2.30. The summed E-state index contributed by atoms with van der Waals surface area (Å²) in [5.74, 6) is 0.171. The van der Waals surface area contributed by atoms with E-state index < -0.39 is 0 Å². The van der Waals surface area contributed by atoms with Gasteiger partial charge in [-0.15, -0.1) is 0 Å². The second kappa shape index (κ2) is 3.21. The minimum absolute atomic E-state index is 0.00222. The van der Waals surface area contributed by atoms with Crippen molar-refractivity contribution in [2.45, 2.75) is 12.8 Å². The quantitative estimate of drug-likeness (QED) is 0.611. The van der Waals surface area contributed by atoms with Gasteiger partial charge in [0.1, 0.15) is 0 Å². The Kier molecular flexibility index (Phi) is 2.05. The molecule has 1 aliphatic rings. The van der Waals surface area contributed by atoms with Crippen LogP contribution in [-0.4, -0.2) is 12.6 Å². The first-order valence-electron chi connectivity index (χ1n) is 4.50. The van der Waals surface area contributed by atoms with Crippen LogP contribution in [0.25, 0.3) is 0 Å². The molecule has 1 heterocycles. The van der Waals surface area contributed by atoms with Gasteiger partial charge in [-0.05, 0) is 5.56 Å². The van der Waals surface area contributed by atoms with Crippen LogP contribution in [0.5, 0.6) is 0 Å². The van der Waals surface area contributed by atoms with E-state index in [9.17, 15) is 4.79 Å². The van der Waals surface area contributed by atoms with Gasteiger partial charge in [0.2, 0.25) is 0 Å². The Labute approximate surface area is 77.5 Å². The Morgan fingerprint density at radius 1 is 1.31 bits per heavy atom. The molecule has 0 amide bonds. The molecule has 0 radical (unpaired) electrons. The van der Waals surface area contributed by atoms with Crippen molar-refractivity contribution in [3.8, 4) is 0 Å². The van der Waals surface area contributed by atoms with Crippen LogP contribution in [0.2, 0.25) is 0 Å². The lowest BCUT2D eigenvalue weighted by atomic mass is 9.90. The van der Waals surface area contributed by atoms with Crippen molar-refractivity contribution in [2.75, 3.05) is 6.61 Å². The lowest BCUT2D eigenvalue weighted by molar-refractivity contribution is -0.140. The molecular formula is C11H12O2. The van der Waals surface area contributed by atoms with Gasteiger partial charge in [0.15, 0.2) is 0 Å². The molecule has 1 aliphatic heterocycles. The molecule has 68 valence electrons. The highest BCUT2D eigenvalue weighted by Gasteiger charge is 2.33. The topological polar surface area (TPSA) is 26.3 Å². The zero-order chi connectivity index (χ0) is 9.26. The van der Waals surface area contributed by atoms with E-state index in [1.165, 1.54) is 5.56 Å². The molecule has 2 unspecified atom stereocenters. The fourth-order valence-corrected chi connectivity index (χ4v) is 1.70. The zero-order valence-electron chi connectivity index (χ0n) is 7.57. The maximum atomic E-state index is 11.1. The summed E-state index contributed by atoms with van der Waals surface area (Å²) < 4.78 is 4.99. The third-order valence-electron chi connectivity index (χ3n) is 2.61. The number of ether oxygens (including phenoxy) is 1. The molecule has 2 atom stereocenters. The van der Waals surface area contributed by atoms with Crippen molar-refractivity contribution in [2.24, 2.45) is 5.92 Å². The molecule has 1 fully saturated rings. The normalized spacial score (nSPS) is 27.3. The third kappa shape index (κ3) is 1.44. The van der Waals surface area contributed by atoms with Crippen LogP contribution >= 0.6 is 0 Å². The summed E-state index contributed by atoms with van der Waals surface area (Å²) in [6.45, 7) is 2.46. The van der Waals surface area contributed by atoms with E-state index in [1.54, 1.807) is 0 Å². The van der Waals surface area contributed by atoms with Gasteiger partial charge in [-0.2, -0.15) is 0 Å². The predicted octanol–water partition coefficient (Wildman–Crippen LogP) is 1.96. The Morgan fingerprint density at radius 2 is 2.00 bits per heavy atom. The number of carbonyl (C=O) groups excluding carboxylic acids is 1. The van der Waals surface area contributed by atoms with E-state index in [4.69, 9.17) is 4.74 Å². The predicted molar refractivity (Wildman–Crippen MR) is 49.3 cm³/mol. The largest absolute Gasteiger partial charge is 0.465 e. The first-order valence-corrected chi connectivity index (χ1v) is 4.50. The molecule has 13 heavy (non-hydrogen) atoms. The smallest absolute Gasteiger partial charge is 0.309 e. The van der Waals surface area contributed by atoms with Gasteiger partial charge in [0.25, 0.3) is 0 Å². The Morgan fingerprint density at radius 3 is 2.54 bits per heavy atom. The molecule has 1 saturated heterocycles. The number of esters is 1. The van der Waals surface area contributed by atoms with Crippen LogP contribution in [0.15, 0.2) is 30.3 Å². The Balaban J connectivity index is 2.24. The summed E-state index contributed by atoms with van der Waals surface area (Å²) >= 11 is 0. The van der Waals surface area contributed by atoms with Crippen LogP contribution in [0.4, 0.5) is 0 Å². The lowest BCUT2D eigenvalue weighted by Crippen LogP contribution is -2.09. The number of hydrogen-bond acceptors (Lipinski definition) is 2. The molecule has 1 aromatic rings. The molecule has 2 rings (SSSR count). The molecule has 2 nitrogen and oxygen atoms in total. The second-order valence-corrected chi connectivity index (χ2v) is 3.44. The SMILES string of the molecule is CC1C(=O)OCC1c1ccccc1. The summed E-state index contributed by atoms with van der Waals surface area (Å²) in [5.41, 5.74) is 1.20. The number of carbonyl (C=O) groups is 1. The maximum Gasteiger partial charge on any atom is 0.309 e. The van der Waals surface area contributed by atoms with Crippen molar-refractivity contribution in [3.05, 3.63) is 35.9 Å². The monoisotopic (exact) mass is 176 g/mol. The van der Waals surface area contributed by atoms with E-state index in [1.807, 2.05) is 37.3 Å². The zero-order valence-corrected chi connectivity index (χ0v) is 7.57. The number of benzene rings is 1. The van der Waals surface area contributed by atoms with Crippen molar-refractivity contribution in [3.63, 3.8) is 0 Å². The average molecular weight is 176 g/mol. The molecule has 1 aromatic carbocycles. The molecule has 0 saturated carbocycles. The summed E-state index contributed by atoms with van der Waals surface area (Å²) in [6, 6.07) is 10.0. The summed E-state index contributed by atoms with van der Waals surface area (Å²) in [7, 11) is 0. The van der Waals surface area contributed by atoms with Crippen molar-refractivity contribution < 1.29 is 9.53 Å². The Hall–Kier alpha value is -1.31. The fourth-order valence-electron chi connectivity index (χ4n) is 1.70. The first-order chi connectivity index (χ1) is 6.29. The van der Waals surface area contributed by atoms with E-state index >= 15 is 0 Å². The summed E-state index contributed by atoms with van der Waals surface area (Å²) in [4.78, 5) is 11.1. The summed E-state index contributed by atoms with van der Waals surface area (Å²) in [6.07, 6.45) is 0. The maximum absolute atomic E-state index is 11.1. The molecule has 0 aromatic heterocycles. The van der Waals surface area contributed by atoms with Gasteiger partial charge in [-0.3, -0.25) is 4.79 Å². The van der Waals surface area contributed by atoms with Crippen molar-refractivity contribution in [1.82, 2.24) is 0 Å². The Bertz CT molecular complexity index is 305. The minimum Gasteiger partial charge on any atom is -0.465 e. The first kappa shape index (κ1) is 8.30. The van der Waals surface area contributed by atoms with Gasteiger partial charge in [0, 0.05) is 5.92 Å². The number of hydrogen-bond donors (Lipinski definition) is 0. The average Bonchev–Trinajstić information content (AvgIpc) is 2.49. The van der Waals surface area contributed by atoms with Gasteiger partial charge >= 0.3 is 5.97 Å². The molecule has 0 bridgehead atoms. The van der Waals surface area contributed by atoms with Gasteiger partial charge in [-0.25, -0.2) is 0 Å². The standard InChI is InChI=1S/C11H12O2/c1-8-10(7-13-11(8)12)9-5-3-2-4-6-9/h2-6,8,10H,7H2,1H3. The number of cyclic esters (lactones) is 1. The highest BCUT2D eigenvalue weighted by molar-refractivity contribution is 5.75. The fraction of sp³-hybridized carbons (Fsp3) is 0.364. The molecule has 0 aliphatic carbocycles. The molecular weight excluding hydrogens is 164 g/mol. The number of rotatable bonds is 1. The van der Waals surface area contributed by atoms with Gasteiger partial charge in [-0.1, -0.05) is 37.3 Å². The van der Waals surface area contributed by atoms with E-state index in [0.717, 1.165) is 0 Å². The molecule has 0 spiro atoms. The van der Waals surface area contributed by atoms with Crippen LogP contribution in [0.3, 0.4) is 0 Å². The highest BCUT2D eigenvalue weighted by atomic mass is 16.5. The van der Waals surface area contributed by atoms with Crippen LogP contribution in [-0.2, 0) is 9.53 Å². The summed E-state index contributed by atoms with van der Waals surface area (Å²) in [5, 5.41) is 0.